The Labute approximate surface area is 112 Å². The Balaban J connectivity index is 2.11. The highest BCUT2D eigenvalue weighted by Gasteiger charge is 2.51. The summed E-state index contributed by atoms with van der Waals surface area (Å²) in [6, 6.07) is 4.75. The number of rotatable bonds is 4. The molecule has 0 saturated heterocycles. The van der Waals surface area contributed by atoms with Crippen LogP contribution < -0.4 is 5.32 Å². The first-order valence-electron chi connectivity index (χ1n) is 5.94. The van der Waals surface area contributed by atoms with E-state index in [0.717, 1.165) is 6.07 Å². The predicted molar refractivity (Wildman–Crippen MR) is 62.9 cm³/mol. The van der Waals surface area contributed by atoms with Gasteiger partial charge in [-0.15, -0.1) is 0 Å². The lowest BCUT2D eigenvalue weighted by Gasteiger charge is -2.15. The smallest absolute Gasteiger partial charge is 0.416 e. The molecule has 0 aromatic heterocycles. The van der Waals surface area contributed by atoms with Crippen LogP contribution >= 0.6 is 0 Å². The minimum absolute atomic E-state index is 0.168. The van der Waals surface area contributed by atoms with Crippen LogP contribution in [0.1, 0.15) is 24.0 Å². The molecule has 1 aromatic rings. The van der Waals surface area contributed by atoms with Gasteiger partial charge in [-0.2, -0.15) is 13.2 Å². The predicted octanol–water partition coefficient (Wildman–Crippen LogP) is 1.98. The SMILES string of the molecule is O=C(Cc1ccccc1C(F)(F)F)NC1(C(=O)O)CC1. The molecule has 7 heteroatoms. The standard InChI is InChI=1S/C13H12F3NO3/c14-13(15,16)9-4-2-1-3-8(9)7-10(18)17-12(5-6-12)11(19)20/h1-4H,5-7H2,(H,17,18)(H,19,20). The summed E-state index contributed by atoms with van der Waals surface area (Å²) in [4.78, 5) is 22.6. The number of aliphatic carboxylic acids is 1. The van der Waals surface area contributed by atoms with Crippen molar-refractivity contribution in [1.82, 2.24) is 5.32 Å². The Bertz CT molecular complexity index is 550. The van der Waals surface area contributed by atoms with E-state index in [9.17, 15) is 22.8 Å². The Morgan fingerprint density at radius 1 is 1.25 bits per heavy atom. The molecule has 108 valence electrons. The molecule has 0 unspecified atom stereocenters. The van der Waals surface area contributed by atoms with Gasteiger partial charge in [-0.3, -0.25) is 4.79 Å². The molecule has 0 bridgehead atoms. The molecule has 1 fully saturated rings. The zero-order valence-electron chi connectivity index (χ0n) is 10.3. The summed E-state index contributed by atoms with van der Waals surface area (Å²) in [5, 5.41) is 11.2. The van der Waals surface area contributed by atoms with E-state index >= 15 is 0 Å². The van der Waals surface area contributed by atoms with Gasteiger partial charge in [0.25, 0.3) is 0 Å². The normalized spacial score (nSPS) is 16.6. The third-order valence-corrected chi connectivity index (χ3v) is 3.21. The number of benzene rings is 1. The number of carbonyl (C=O) groups excluding carboxylic acids is 1. The number of halogens is 3. The molecule has 0 aliphatic heterocycles. The van der Waals surface area contributed by atoms with Crippen molar-refractivity contribution in [1.29, 1.82) is 0 Å². The topological polar surface area (TPSA) is 66.4 Å². The van der Waals surface area contributed by atoms with Crippen molar-refractivity contribution in [2.75, 3.05) is 0 Å². The minimum Gasteiger partial charge on any atom is -0.480 e. The number of hydrogen-bond donors (Lipinski definition) is 2. The molecule has 4 nitrogen and oxygen atoms in total. The average Bonchev–Trinajstić information content (AvgIpc) is 3.09. The van der Waals surface area contributed by atoms with Gasteiger partial charge in [0, 0.05) is 0 Å². The molecule has 0 spiro atoms. The molecule has 1 aromatic carbocycles. The van der Waals surface area contributed by atoms with Crippen molar-refractivity contribution in [3.63, 3.8) is 0 Å². The second-order valence-corrected chi connectivity index (χ2v) is 4.77. The van der Waals surface area contributed by atoms with Crippen LogP contribution in [0.5, 0.6) is 0 Å². The van der Waals surface area contributed by atoms with Gasteiger partial charge in [0.2, 0.25) is 5.91 Å². The van der Waals surface area contributed by atoms with Gasteiger partial charge in [-0.1, -0.05) is 18.2 Å². The molecule has 1 amide bonds. The quantitative estimate of drug-likeness (QED) is 0.890. The highest BCUT2D eigenvalue weighted by atomic mass is 19.4. The summed E-state index contributed by atoms with van der Waals surface area (Å²) in [6.07, 6.45) is -4.43. The van der Waals surface area contributed by atoms with E-state index in [-0.39, 0.29) is 5.56 Å². The minimum atomic E-state index is -4.54. The third kappa shape index (κ3) is 2.92. The number of nitrogens with one attached hydrogen (secondary N) is 1. The average molecular weight is 287 g/mol. The van der Waals surface area contributed by atoms with E-state index in [0.29, 0.717) is 12.8 Å². The molecule has 2 rings (SSSR count). The van der Waals surface area contributed by atoms with Crippen LogP contribution in [0.15, 0.2) is 24.3 Å². The second-order valence-electron chi connectivity index (χ2n) is 4.77. The molecule has 1 aliphatic carbocycles. The number of carboxylic acids is 1. The van der Waals surface area contributed by atoms with Crippen LogP contribution in [0.2, 0.25) is 0 Å². The van der Waals surface area contributed by atoms with Gasteiger partial charge in [-0.05, 0) is 24.5 Å². The molecule has 0 radical (unpaired) electrons. The van der Waals surface area contributed by atoms with E-state index in [4.69, 9.17) is 5.11 Å². The van der Waals surface area contributed by atoms with Gasteiger partial charge in [0.05, 0.1) is 12.0 Å². The highest BCUT2D eigenvalue weighted by Crippen LogP contribution is 2.36. The summed E-state index contributed by atoms with van der Waals surface area (Å²) in [5.41, 5.74) is -2.33. The molecule has 1 saturated carbocycles. The molecule has 0 heterocycles. The van der Waals surface area contributed by atoms with Crippen molar-refractivity contribution in [3.05, 3.63) is 35.4 Å². The zero-order valence-corrected chi connectivity index (χ0v) is 10.3. The number of alkyl halides is 3. The van der Waals surface area contributed by atoms with Crippen LogP contribution in [0, 0.1) is 0 Å². The van der Waals surface area contributed by atoms with E-state index < -0.39 is 35.6 Å². The van der Waals surface area contributed by atoms with E-state index in [2.05, 4.69) is 5.32 Å². The van der Waals surface area contributed by atoms with Crippen LogP contribution in [0.3, 0.4) is 0 Å². The maximum absolute atomic E-state index is 12.8. The number of hydrogen-bond acceptors (Lipinski definition) is 2. The van der Waals surface area contributed by atoms with Crippen molar-refractivity contribution in [2.45, 2.75) is 31.0 Å². The van der Waals surface area contributed by atoms with E-state index in [1.54, 1.807) is 0 Å². The van der Waals surface area contributed by atoms with Gasteiger partial charge in [0.1, 0.15) is 5.54 Å². The van der Waals surface area contributed by atoms with Crippen LogP contribution in [0.25, 0.3) is 0 Å². The van der Waals surface area contributed by atoms with Crippen LogP contribution in [0.4, 0.5) is 13.2 Å². The van der Waals surface area contributed by atoms with Crippen molar-refractivity contribution < 1.29 is 27.9 Å². The molecule has 2 N–H and O–H groups in total. The van der Waals surface area contributed by atoms with Gasteiger partial charge < -0.3 is 10.4 Å². The third-order valence-electron chi connectivity index (χ3n) is 3.21. The number of amides is 1. The van der Waals surface area contributed by atoms with Crippen molar-refractivity contribution in [2.24, 2.45) is 0 Å². The molecular weight excluding hydrogens is 275 g/mol. The van der Waals surface area contributed by atoms with E-state index in [1.165, 1.54) is 18.2 Å². The maximum Gasteiger partial charge on any atom is 0.416 e. The first-order valence-corrected chi connectivity index (χ1v) is 5.94. The van der Waals surface area contributed by atoms with E-state index in [1.807, 2.05) is 0 Å². The Morgan fingerprint density at radius 2 is 1.85 bits per heavy atom. The Kier molecular flexibility index (Phi) is 3.45. The van der Waals surface area contributed by atoms with Crippen LogP contribution in [-0.2, 0) is 22.2 Å². The summed E-state index contributed by atoms with van der Waals surface area (Å²) in [7, 11) is 0. The summed E-state index contributed by atoms with van der Waals surface area (Å²) in [5.74, 6) is -1.88. The van der Waals surface area contributed by atoms with Crippen molar-refractivity contribution >= 4 is 11.9 Å². The highest BCUT2D eigenvalue weighted by molar-refractivity contribution is 5.90. The summed E-state index contributed by atoms with van der Waals surface area (Å²) in [6.45, 7) is 0. The summed E-state index contributed by atoms with van der Waals surface area (Å²) < 4.78 is 38.3. The lowest BCUT2D eigenvalue weighted by molar-refractivity contribution is -0.143. The Hall–Kier alpha value is -2.05. The summed E-state index contributed by atoms with van der Waals surface area (Å²) >= 11 is 0. The first-order chi connectivity index (χ1) is 9.24. The lowest BCUT2D eigenvalue weighted by Crippen LogP contribution is -2.43. The van der Waals surface area contributed by atoms with Gasteiger partial charge in [-0.25, -0.2) is 4.79 Å². The Morgan fingerprint density at radius 3 is 2.35 bits per heavy atom. The zero-order chi connectivity index (χ0) is 15.0. The largest absolute Gasteiger partial charge is 0.480 e. The molecular formula is C13H12F3NO3. The van der Waals surface area contributed by atoms with Crippen molar-refractivity contribution in [3.8, 4) is 0 Å². The molecule has 1 aliphatic rings. The van der Waals surface area contributed by atoms with Gasteiger partial charge in [0.15, 0.2) is 0 Å². The lowest BCUT2D eigenvalue weighted by atomic mass is 10.0. The fourth-order valence-corrected chi connectivity index (χ4v) is 1.95. The monoisotopic (exact) mass is 287 g/mol. The van der Waals surface area contributed by atoms with Gasteiger partial charge >= 0.3 is 12.1 Å². The fraction of sp³-hybridized carbons (Fsp3) is 0.385. The molecule has 20 heavy (non-hydrogen) atoms. The second kappa shape index (κ2) is 4.81. The number of carboxylic acid groups (broad SMARTS) is 1. The van der Waals surface area contributed by atoms with Crippen LogP contribution in [-0.4, -0.2) is 22.5 Å². The molecule has 0 atom stereocenters. The fourth-order valence-electron chi connectivity index (χ4n) is 1.95. The number of carbonyl (C=O) groups is 2. The maximum atomic E-state index is 12.8. The first kappa shape index (κ1) is 14.4.